The largest absolute Gasteiger partial charge is 0.312 e. The molecule has 0 saturated heterocycles. The Bertz CT molecular complexity index is 166. The minimum atomic E-state index is 0.262. The van der Waals surface area contributed by atoms with Crippen molar-refractivity contribution < 1.29 is 0 Å². The summed E-state index contributed by atoms with van der Waals surface area (Å²) >= 11 is 1.93. The van der Waals surface area contributed by atoms with Crippen LogP contribution in [-0.2, 0) is 0 Å². The van der Waals surface area contributed by atoms with Gasteiger partial charge < -0.3 is 10.2 Å². The summed E-state index contributed by atoms with van der Waals surface area (Å²) in [5.74, 6) is 1.23. The number of hydrogen-bond acceptors (Lipinski definition) is 3. The Morgan fingerprint density at radius 1 is 1.25 bits per heavy atom. The van der Waals surface area contributed by atoms with E-state index in [-0.39, 0.29) is 5.54 Å². The fraction of sp³-hybridized carbons (Fsp3) is 1.00. The first-order valence-electron chi connectivity index (χ1n) is 6.31. The topological polar surface area (TPSA) is 15.3 Å². The molecule has 1 atom stereocenters. The Balaban J connectivity index is 3.44. The molecule has 0 aliphatic carbocycles. The van der Waals surface area contributed by atoms with E-state index in [1.807, 2.05) is 11.8 Å². The quantitative estimate of drug-likeness (QED) is 0.663. The summed E-state index contributed by atoms with van der Waals surface area (Å²) in [4.78, 5) is 2.47. The molecule has 0 aliphatic heterocycles. The van der Waals surface area contributed by atoms with Crippen molar-refractivity contribution in [3.05, 3.63) is 0 Å². The van der Waals surface area contributed by atoms with Crippen molar-refractivity contribution in [2.45, 2.75) is 52.1 Å². The van der Waals surface area contributed by atoms with Gasteiger partial charge in [-0.05, 0) is 66.9 Å². The molecule has 0 aromatic heterocycles. The van der Waals surface area contributed by atoms with Gasteiger partial charge in [-0.2, -0.15) is 11.8 Å². The van der Waals surface area contributed by atoms with Crippen molar-refractivity contribution in [3.8, 4) is 0 Å². The lowest BCUT2D eigenvalue weighted by Gasteiger charge is -2.24. The summed E-state index contributed by atoms with van der Waals surface area (Å²) in [6, 6.07) is 0.700. The average molecular weight is 246 g/mol. The molecule has 0 radical (unpaired) electrons. The van der Waals surface area contributed by atoms with E-state index >= 15 is 0 Å². The molecule has 1 unspecified atom stereocenters. The Labute approximate surface area is 107 Å². The van der Waals surface area contributed by atoms with Gasteiger partial charge in [0, 0.05) is 17.3 Å². The molecule has 98 valence electrons. The zero-order valence-corrected chi connectivity index (χ0v) is 12.8. The van der Waals surface area contributed by atoms with Crippen molar-refractivity contribution in [1.29, 1.82) is 0 Å². The predicted octanol–water partition coefficient (Wildman–Crippen LogP) is 2.84. The van der Waals surface area contributed by atoms with Gasteiger partial charge in [0.1, 0.15) is 0 Å². The van der Waals surface area contributed by atoms with Gasteiger partial charge in [-0.15, -0.1) is 0 Å². The SMILES string of the molecule is CSCC(C)N(C)CCCCNC(C)(C)C. The maximum Gasteiger partial charge on any atom is 0.0154 e. The highest BCUT2D eigenvalue weighted by molar-refractivity contribution is 7.98. The molecule has 1 N–H and O–H groups in total. The maximum absolute atomic E-state index is 3.53. The number of nitrogens with one attached hydrogen (secondary N) is 1. The van der Waals surface area contributed by atoms with Crippen LogP contribution in [0.2, 0.25) is 0 Å². The zero-order chi connectivity index (χ0) is 12.6. The van der Waals surface area contributed by atoms with Gasteiger partial charge in [-0.3, -0.25) is 0 Å². The molecule has 3 heteroatoms. The van der Waals surface area contributed by atoms with E-state index in [1.54, 1.807) is 0 Å². The third-order valence-corrected chi connectivity index (χ3v) is 3.57. The molecule has 0 amide bonds. The van der Waals surface area contributed by atoms with E-state index in [1.165, 1.54) is 25.1 Å². The van der Waals surface area contributed by atoms with Crippen LogP contribution in [0.25, 0.3) is 0 Å². The molecule has 0 fully saturated rings. The summed E-state index contributed by atoms with van der Waals surface area (Å²) < 4.78 is 0. The minimum Gasteiger partial charge on any atom is -0.312 e. The normalized spacial score (nSPS) is 14.4. The number of hydrogen-bond donors (Lipinski definition) is 1. The van der Waals surface area contributed by atoms with E-state index in [4.69, 9.17) is 0 Å². The molecule has 0 bridgehead atoms. The molecule has 0 rings (SSSR count). The van der Waals surface area contributed by atoms with Crippen molar-refractivity contribution in [1.82, 2.24) is 10.2 Å². The van der Waals surface area contributed by atoms with Gasteiger partial charge in [0.05, 0.1) is 0 Å². The molecular formula is C13H30N2S. The van der Waals surface area contributed by atoms with Crippen LogP contribution in [-0.4, -0.2) is 48.6 Å². The average Bonchev–Trinajstić information content (AvgIpc) is 2.15. The molecule has 0 aromatic carbocycles. The molecular weight excluding hydrogens is 216 g/mol. The van der Waals surface area contributed by atoms with Crippen molar-refractivity contribution in [3.63, 3.8) is 0 Å². The van der Waals surface area contributed by atoms with Gasteiger partial charge in [-0.1, -0.05) is 0 Å². The molecule has 0 aliphatic rings. The lowest BCUT2D eigenvalue weighted by Crippen LogP contribution is -2.37. The standard InChI is InChI=1S/C13H30N2S/c1-12(11-16-6)15(5)10-8-7-9-14-13(2,3)4/h12,14H,7-11H2,1-6H3. The lowest BCUT2D eigenvalue weighted by atomic mass is 10.1. The number of rotatable bonds is 8. The number of thioether (sulfide) groups is 1. The number of unbranched alkanes of at least 4 members (excludes halogenated alkanes) is 1. The Kier molecular flexibility index (Phi) is 8.52. The molecule has 0 aromatic rings. The van der Waals surface area contributed by atoms with Gasteiger partial charge >= 0.3 is 0 Å². The van der Waals surface area contributed by atoms with E-state index < -0.39 is 0 Å². The second kappa shape index (κ2) is 8.37. The van der Waals surface area contributed by atoms with Crippen LogP contribution in [0.3, 0.4) is 0 Å². The van der Waals surface area contributed by atoms with Crippen LogP contribution in [0.5, 0.6) is 0 Å². The summed E-state index contributed by atoms with van der Waals surface area (Å²) in [5.41, 5.74) is 0.262. The van der Waals surface area contributed by atoms with Crippen molar-refractivity contribution in [2.75, 3.05) is 32.1 Å². The highest BCUT2D eigenvalue weighted by atomic mass is 32.2. The monoisotopic (exact) mass is 246 g/mol. The lowest BCUT2D eigenvalue weighted by molar-refractivity contribution is 0.269. The van der Waals surface area contributed by atoms with Crippen LogP contribution in [0.1, 0.15) is 40.5 Å². The second-order valence-corrected chi connectivity index (χ2v) is 6.58. The fourth-order valence-electron chi connectivity index (χ4n) is 1.54. The molecule has 16 heavy (non-hydrogen) atoms. The van der Waals surface area contributed by atoms with Crippen molar-refractivity contribution in [2.24, 2.45) is 0 Å². The van der Waals surface area contributed by atoms with Crippen LogP contribution < -0.4 is 5.32 Å². The van der Waals surface area contributed by atoms with Crippen LogP contribution in [0.15, 0.2) is 0 Å². The zero-order valence-electron chi connectivity index (χ0n) is 12.0. The van der Waals surface area contributed by atoms with Crippen LogP contribution in [0, 0.1) is 0 Å². The summed E-state index contributed by atoms with van der Waals surface area (Å²) in [6.07, 6.45) is 4.74. The third kappa shape index (κ3) is 9.49. The molecule has 0 spiro atoms. The third-order valence-electron chi connectivity index (χ3n) is 2.75. The molecule has 2 nitrogen and oxygen atoms in total. The van der Waals surface area contributed by atoms with Crippen LogP contribution in [0.4, 0.5) is 0 Å². The summed E-state index contributed by atoms with van der Waals surface area (Å²) in [7, 11) is 2.23. The Morgan fingerprint density at radius 3 is 2.38 bits per heavy atom. The highest BCUT2D eigenvalue weighted by Gasteiger charge is 2.09. The first-order chi connectivity index (χ1) is 7.37. The Hall–Kier alpha value is 0.270. The van der Waals surface area contributed by atoms with Crippen molar-refractivity contribution >= 4 is 11.8 Å². The first kappa shape index (κ1) is 16.3. The summed E-state index contributed by atoms with van der Waals surface area (Å²) in [5, 5.41) is 3.53. The second-order valence-electron chi connectivity index (χ2n) is 5.67. The van der Waals surface area contributed by atoms with Gasteiger partial charge in [0.15, 0.2) is 0 Å². The smallest absolute Gasteiger partial charge is 0.0154 e. The van der Waals surface area contributed by atoms with Gasteiger partial charge in [0.2, 0.25) is 0 Å². The highest BCUT2D eigenvalue weighted by Crippen LogP contribution is 2.05. The predicted molar refractivity (Wildman–Crippen MR) is 77.5 cm³/mol. The molecule has 0 saturated carbocycles. The maximum atomic E-state index is 3.53. The summed E-state index contributed by atoms with van der Waals surface area (Å²) in [6.45, 7) is 11.3. The first-order valence-corrected chi connectivity index (χ1v) is 7.70. The minimum absolute atomic E-state index is 0.262. The van der Waals surface area contributed by atoms with Gasteiger partial charge in [0.25, 0.3) is 0 Å². The van der Waals surface area contributed by atoms with Gasteiger partial charge in [-0.25, -0.2) is 0 Å². The fourth-order valence-corrected chi connectivity index (χ4v) is 2.28. The molecule has 0 heterocycles. The Morgan fingerprint density at radius 2 is 1.88 bits per heavy atom. The van der Waals surface area contributed by atoms with E-state index in [0.29, 0.717) is 6.04 Å². The van der Waals surface area contributed by atoms with Crippen LogP contribution >= 0.6 is 11.8 Å². The van der Waals surface area contributed by atoms with E-state index in [9.17, 15) is 0 Å². The van der Waals surface area contributed by atoms with E-state index in [2.05, 4.69) is 51.2 Å². The van der Waals surface area contributed by atoms with E-state index in [0.717, 1.165) is 6.54 Å². The number of nitrogens with zero attached hydrogens (tertiary/aromatic N) is 1.